The molecule has 4 heteroatoms. The van der Waals surface area contributed by atoms with Crippen LogP contribution < -0.4 is 0 Å². The number of nitrogens with zero attached hydrogens (tertiary/aromatic N) is 2. The Kier molecular flexibility index (Phi) is 4.59. The summed E-state index contributed by atoms with van der Waals surface area (Å²) in [6.45, 7) is 3.63. The summed E-state index contributed by atoms with van der Waals surface area (Å²) in [5.41, 5.74) is 1.85. The smallest absolute Gasteiger partial charge is 0.245 e. The van der Waals surface area contributed by atoms with E-state index >= 15 is 0 Å². The Morgan fingerprint density at radius 2 is 2.00 bits per heavy atom. The van der Waals surface area contributed by atoms with Gasteiger partial charge in [0.1, 0.15) is 5.38 Å². The summed E-state index contributed by atoms with van der Waals surface area (Å²) in [4.78, 5) is 18.3. The maximum atomic E-state index is 12.4. The van der Waals surface area contributed by atoms with Gasteiger partial charge in [-0.25, -0.2) is 0 Å². The molecule has 0 saturated carbocycles. The van der Waals surface area contributed by atoms with Crippen molar-refractivity contribution in [1.29, 1.82) is 0 Å². The molecule has 2 rings (SSSR count). The molecule has 0 aliphatic carbocycles. The van der Waals surface area contributed by atoms with Gasteiger partial charge in [-0.3, -0.25) is 9.78 Å². The van der Waals surface area contributed by atoms with Gasteiger partial charge in [0.05, 0.1) is 0 Å². The van der Waals surface area contributed by atoms with Gasteiger partial charge in [-0.05, 0) is 31.4 Å². The third-order valence-corrected chi connectivity index (χ3v) is 3.91. The number of halogens is 1. The lowest BCUT2D eigenvalue weighted by Gasteiger charge is -2.23. The van der Waals surface area contributed by atoms with Gasteiger partial charge >= 0.3 is 0 Å². The minimum absolute atomic E-state index is 0.0228. The molecule has 1 saturated heterocycles. The van der Waals surface area contributed by atoms with Crippen molar-refractivity contribution < 1.29 is 4.79 Å². The van der Waals surface area contributed by atoms with Crippen molar-refractivity contribution in [1.82, 2.24) is 9.88 Å². The van der Waals surface area contributed by atoms with E-state index < -0.39 is 5.38 Å². The third kappa shape index (κ3) is 3.02. The molecule has 1 unspecified atom stereocenters. The molecule has 1 fully saturated rings. The van der Waals surface area contributed by atoms with Crippen LogP contribution in [0.1, 0.15) is 42.2 Å². The molecule has 18 heavy (non-hydrogen) atoms. The van der Waals surface area contributed by atoms with Gasteiger partial charge in [-0.1, -0.05) is 12.8 Å². The molecular weight excluding hydrogens is 248 g/mol. The Balaban J connectivity index is 2.10. The second-order valence-electron chi connectivity index (χ2n) is 4.83. The van der Waals surface area contributed by atoms with E-state index in [2.05, 4.69) is 4.98 Å². The van der Waals surface area contributed by atoms with Crippen LogP contribution in [-0.2, 0) is 4.79 Å². The standard InChI is InChI=1S/C14H19ClN2O/c1-11-6-7-16-10-12(11)13(15)14(18)17-8-4-2-3-5-9-17/h6-7,10,13H,2-5,8-9H2,1H3. The fourth-order valence-corrected chi connectivity index (χ4v) is 2.69. The molecule has 1 amide bonds. The molecule has 0 aromatic carbocycles. The number of alkyl halides is 1. The van der Waals surface area contributed by atoms with E-state index in [1.54, 1.807) is 12.4 Å². The fourth-order valence-electron chi connectivity index (χ4n) is 2.33. The molecule has 2 heterocycles. The molecule has 1 aliphatic rings. The first-order valence-electron chi connectivity index (χ1n) is 6.53. The van der Waals surface area contributed by atoms with Crippen LogP contribution in [0.5, 0.6) is 0 Å². The van der Waals surface area contributed by atoms with Gasteiger partial charge in [0.15, 0.2) is 0 Å². The van der Waals surface area contributed by atoms with E-state index in [1.807, 2.05) is 17.9 Å². The summed E-state index contributed by atoms with van der Waals surface area (Å²) in [7, 11) is 0. The van der Waals surface area contributed by atoms with Crippen molar-refractivity contribution in [3.63, 3.8) is 0 Å². The zero-order valence-electron chi connectivity index (χ0n) is 10.7. The normalized spacial score (nSPS) is 18.2. The highest BCUT2D eigenvalue weighted by Gasteiger charge is 2.25. The van der Waals surface area contributed by atoms with Crippen LogP contribution in [0.25, 0.3) is 0 Å². The summed E-state index contributed by atoms with van der Waals surface area (Å²) in [5.74, 6) is 0.0228. The van der Waals surface area contributed by atoms with E-state index in [9.17, 15) is 4.79 Å². The first-order valence-corrected chi connectivity index (χ1v) is 6.97. The molecule has 1 aromatic heterocycles. The molecule has 98 valence electrons. The average molecular weight is 267 g/mol. The van der Waals surface area contributed by atoms with Crippen molar-refractivity contribution in [2.75, 3.05) is 13.1 Å². The van der Waals surface area contributed by atoms with E-state index in [0.29, 0.717) is 0 Å². The van der Waals surface area contributed by atoms with E-state index in [0.717, 1.165) is 37.1 Å². The largest absolute Gasteiger partial charge is 0.341 e. The average Bonchev–Trinajstić information content (AvgIpc) is 2.66. The van der Waals surface area contributed by atoms with Crippen molar-refractivity contribution in [3.05, 3.63) is 29.6 Å². The fraction of sp³-hybridized carbons (Fsp3) is 0.571. The minimum atomic E-state index is -0.600. The molecule has 0 N–H and O–H groups in total. The summed E-state index contributed by atoms with van der Waals surface area (Å²) < 4.78 is 0. The summed E-state index contributed by atoms with van der Waals surface area (Å²) in [5, 5.41) is -0.600. The van der Waals surface area contributed by atoms with Crippen LogP contribution >= 0.6 is 11.6 Å². The van der Waals surface area contributed by atoms with Crippen LogP contribution in [-0.4, -0.2) is 28.9 Å². The maximum absolute atomic E-state index is 12.4. The lowest BCUT2D eigenvalue weighted by molar-refractivity contribution is -0.130. The van der Waals surface area contributed by atoms with Gasteiger partial charge in [-0.15, -0.1) is 11.6 Å². The number of hydrogen-bond donors (Lipinski definition) is 0. The van der Waals surface area contributed by atoms with E-state index in [1.165, 1.54) is 12.8 Å². The van der Waals surface area contributed by atoms with Crippen molar-refractivity contribution in [2.24, 2.45) is 0 Å². The van der Waals surface area contributed by atoms with Crippen LogP contribution in [0.4, 0.5) is 0 Å². The molecular formula is C14H19ClN2O. The van der Waals surface area contributed by atoms with Crippen LogP contribution in [0.3, 0.4) is 0 Å². The number of carbonyl (C=O) groups excluding carboxylic acids is 1. The zero-order valence-corrected chi connectivity index (χ0v) is 11.5. The number of aryl methyl sites for hydroxylation is 1. The minimum Gasteiger partial charge on any atom is -0.341 e. The van der Waals surface area contributed by atoms with Crippen LogP contribution in [0, 0.1) is 6.92 Å². The molecule has 1 atom stereocenters. The summed E-state index contributed by atoms with van der Waals surface area (Å²) >= 11 is 6.32. The Hall–Kier alpha value is -1.09. The first-order chi connectivity index (χ1) is 8.70. The highest BCUT2D eigenvalue weighted by Crippen LogP contribution is 2.26. The van der Waals surface area contributed by atoms with Crippen molar-refractivity contribution in [2.45, 2.75) is 38.0 Å². The number of hydrogen-bond acceptors (Lipinski definition) is 2. The number of pyridine rings is 1. The van der Waals surface area contributed by atoms with Crippen LogP contribution in [0.15, 0.2) is 18.5 Å². The number of amides is 1. The number of likely N-dealkylation sites (tertiary alicyclic amines) is 1. The lowest BCUT2D eigenvalue weighted by atomic mass is 10.1. The molecule has 0 bridgehead atoms. The zero-order chi connectivity index (χ0) is 13.0. The molecule has 1 aromatic rings. The van der Waals surface area contributed by atoms with E-state index in [-0.39, 0.29) is 5.91 Å². The van der Waals surface area contributed by atoms with Gasteiger partial charge in [0, 0.05) is 31.0 Å². The Morgan fingerprint density at radius 1 is 1.33 bits per heavy atom. The molecule has 0 radical (unpaired) electrons. The van der Waals surface area contributed by atoms with Crippen LogP contribution in [0.2, 0.25) is 0 Å². The SMILES string of the molecule is Cc1ccncc1C(Cl)C(=O)N1CCCCCC1. The second-order valence-corrected chi connectivity index (χ2v) is 5.27. The highest BCUT2D eigenvalue weighted by atomic mass is 35.5. The summed E-state index contributed by atoms with van der Waals surface area (Å²) in [6, 6.07) is 1.89. The predicted octanol–water partition coefficient (Wildman–Crippen LogP) is 3.07. The summed E-state index contributed by atoms with van der Waals surface area (Å²) in [6.07, 6.45) is 8.01. The first kappa shape index (κ1) is 13.3. The number of rotatable bonds is 2. The van der Waals surface area contributed by atoms with Gasteiger partial charge < -0.3 is 4.90 Å². The van der Waals surface area contributed by atoms with Gasteiger partial charge in [-0.2, -0.15) is 0 Å². The Bertz CT molecular complexity index is 414. The van der Waals surface area contributed by atoms with Crippen molar-refractivity contribution >= 4 is 17.5 Å². The number of aromatic nitrogens is 1. The Labute approximate surface area is 113 Å². The lowest BCUT2D eigenvalue weighted by Crippen LogP contribution is -2.34. The highest BCUT2D eigenvalue weighted by molar-refractivity contribution is 6.30. The maximum Gasteiger partial charge on any atom is 0.245 e. The third-order valence-electron chi connectivity index (χ3n) is 3.49. The Morgan fingerprint density at radius 3 is 2.61 bits per heavy atom. The monoisotopic (exact) mass is 266 g/mol. The van der Waals surface area contributed by atoms with Gasteiger partial charge in [0.25, 0.3) is 0 Å². The molecule has 0 spiro atoms. The number of carbonyl (C=O) groups is 1. The quantitative estimate of drug-likeness (QED) is 0.771. The molecule has 1 aliphatic heterocycles. The van der Waals surface area contributed by atoms with E-state index in [4.69, 9.17) is 11.6 Å². The van der Waals surface area contributed by atoms with Gasteiger partial charge in [0.2, 0.25) is 5.91 Å². The van der Waals surface area contributed by atoms with Crippen molar-refractivity contribution in [3.8, 4) is 0 Å². The molecule has 3 nitrogen and oxygen atoms in total. The topological polar surface area (TPSA) is 33.2 Å². The second kappa shape index (κ2) is 6.19. The predicted molar refractivity (Wildman–Crippen MR) is 72.6 cm³/mol.